The molecule has 0 N–H and O–H groups in total. The molecule has 184 valence electrons. The topological polar surface area (TPSA) is 130 Å². The van der Waals surface area contributed by atoms with E-state index in [0.717, 1.165) is 6.08 Å². The average Bonchev–Trinajstić information content (AvgIpc) is 2.86. The Bertz CT molecular complexity index is 1370. The monoisotopic (exact) mass is 517 g/mol. The summed E-state index contributed by atoms with van der Waals surface area (Å²) in [7, 11) is -6.23. The van der Waals surface area contributed by atoms with E-state index in [9.17, 15) is 26.9 Å². The van der Waals surface area contributed by atoms with E-state index in [1.807, 2.05) is 0 Å². The SMILES string of the molecule is COc1ccc(/C=C(/CC(S(=O)(=O)c2ccccc2)S(=O)(=O)c2ccccc2)[N+](=O)[O-])cc1OC. The van der Waals surface area contributed by atoms with Crippen LogP contribution in [0.4, 0.5) is 0 Å². The number of allylic oxidation sites excluding steroid dienone is 1. The van der Waals surface area contributed by atoms with Gasteiger partial charge in [-0.2, -0.15) is 0 Å². The average molecular weight is 518 g/mol. The summed E-state index contributed by atoms with van der Waals surface area (Å²) >= 11 is 0. The largest absolute Gasteiger partial charge is 0.493 e. The maximum Gasteiger partial charge on any atom is 0.249 e. The molecular formula is C24H23NO8S2. The summed E-state index contributed by atoms with van der Waals surface area (Å²) < 4.78 is 62.2. The van der Waals surface area contributed by atoms with Gasteiger partial charge < -0.3 is 9.47 Å². The van der Waals surface area contributed by atoms with Gasteiger partial charge in [-0.15, -0.1) is 0 Å². The molecule has 35 heavy (non-hydrogen) atoms. The van der Waals surface area contributed by atoms with Crippen LogP contribution in [-0.4, -0.2) is 40.6 Å². The fourth-order valence-electron chi connectivity index (χ4n) is 3.40. The second kappa shape index (κ2) is 10.7. The lowest BCUT2D eigenvalue weighted by Crippen LogP contribution is -2.32. The quantitative estimate of drug-likeness (QED) is 0.292. The van der Waals surface area contributed by atoms with Gasteiger partial charge in [-0.3, -0.25) is 10.1 Å². The Labute approximate surface area is 203 Å². The zero-order valence-electron chi connectivity index (χ0n) is 18.9. The molecule has 0 heterocycles. The van der Waals surface area contributed by atoms with Crippen LogP contribution < -0.4 is 9.47 Å². The standard InChI is InChI=1S/C24H23NO8S2/c1-32-22-14-13-18(16-23(22)33-2)15-19(25(26)27)17-24(34(28,29)20-9-5-3-6-10-20)35(30,31)21-11-7-4-8-12-21/h3-16,24H,17H2,1-2H3/b19-15-. The van der Waals surface area contributed by atoms with Crippen molar-refractivity contribution in [1.82, 2.24) is 0 Å². The van der Waals surface area contributed by atoms with Gasteiger partial charge in [0.1, 0.15) is 0 Å². The summed E-state index contributed by atoms with van der Waals surface area (Å²) in [6.07, 6.45) is 0.242. The van der Waals surface area contributed by atoms with E-state index in [-0.39, 0.29) is 9.79 Å². The molecule has 0 aliphatic heterocycles. The van der Waals surface area contributed by atoms with Gasteiger partial charge in [-0.1, -0.05) is 42.5 Å². The summed E-state index contributed by atoms with van der Waals surface area (Å²) in [5.41, 5.74) is -0.288. The number of sulfone groups is 2. The van der Waals surface area contributed by atoms with Crippen molar-refractivity contribution < 1.29 is 31.2 Å². The fraction of sp³-hybridized carbons (Fsp3) is 0.167. The molecule has 0 aromatic heterocycles. The summed E-state index contributed by atoms with van der Waals surface area (Å²) in [6.45, 7) is 0. The first-order valence-electron chi connectivity index (χ1n) is 10.3. The number of hydrogen-bond acceptors (Lipinski definition) is 8. The Hall–Kier alpha value is -3.70. The highest BCUT2D eigenvalue weighted by Crippen LogP contribution is 2.32. The number of hydrogen-bond donors (Lipinski definition) is 0. The highest BCUT2D eigenvalue weighted by Gasteiger charge is 2.42. The number of methoxy groups -OCH3 is 2. The number of benzene rings is 3. The van der Waals surface area contributed by atoms with Crippen molar-refractivity contribution in [2.75, 3.05) is 14.2 Å². The van der Waals surface area contributed by atoms with Gasteiger partial charge in [-0.05, 0) is 42.0 Å². The van der Waals surface area contributed by atoms with Crippen molar-refractivity contribution in [1.29, 1.82) is 0 Å². The molecule has 0 atom stereocenters. The van der Waals surface area contributed by atoms with Crippen molar-refractivity contribution in [2.24, 2.45) is 0 Å². The van der Waals surface area contributed by atoms with Gasteiger partial charge in [0.25, 0.3) is 0 Å². The normalized spacial score (nSPS) is 12.4. The molecule has 0 saturated carbocycles. The van der Waals surface area contributed by atoms with E-state index in [2.05, 4.69) is 0 Å². The molecule has 9 nitrogen and oxygen atoms in total. The number of rotatable bonds is 10. The van der Waals surface area contributed by atoms with Crippen LogP contribution in [0.3, 0.4) is 0 Å². The Balaban J connectivity index is 2.16. The third-order valence-corrected chi connectivity index (χ3v) is 10.3. The summed E-state index contributed by atoms with van der Waals surface area (Å²) in [6, 6.07) is 18.5. The molecule has 11 heteroatoms. The summed E-state index contributed by atoms with van der Waals surface area (Å²) in [4.78, 5) is 10.6. The molecule has 3 aromatic rings. The highest BCUT2D eigenvalue weighted by molar-refractivity contribution is 8.09. The fourth-order valence-corrected chi connectivity index (χ4v) is 7.86. The molecule has 0 bridgehead atoms. The first-order valence-corrected chi connectivity index (χ1v) is 13.4. The predicted molar refractivity (Wildman–Crippen MR) is 130 cm³/mol. The summed E-state index contributed by atoms with van der Waals surface area (Å²) in [5.74, 6) is 0.692. The molecule has 0 unspecified atom stereocenters. The zero-order chi connectivity index (χ0) is 25.6. The van der Waals surface area contributed by atoms with Gasteiger partial charge in [0.15, 0.2) is 35.8 Å². The minimum Gasteiger partial charge on any atom is -0.493 e. The van der Waals surface area contributed by atoms with Crippen LogP contribution >= 0.6 is 0 Å². The van der Waals surface area contributed by atoms with E-state index < -0.39 is 41.3 Å². The van der Waals surface area contributed by atoms with Crippen molar-refractivity contribution in [3.63, 3.8) is 0 Å². The van der Waals surface area contributed by atoms with Crippen LogP contribution in [0.1, 0.15) is 12.0 Å². The molecule has 0 aliphatic rings. The molecular weight excluding hydrogens is 494 g/mol. The van der Waals surface area contributed by atoms with E-state index in [4.69, 9.17) is 9.47 Å². The van der Waals surface area contributed by atoms with Gasteiger partial charge in [-0.25, -0.2) is 16.8 Å². The van der Waals surface area contributed by atoms with Crippen molar-refractivity contribution in [2.45, 2.75) is 20.8 Å². The van der Waals surface area contributed by atoms with Crippen LogP contribution in [0.25, 0.3) is 6.08 Å². The van der Waals surface area contributed by atoms with E-state index >= 15 is 0 Å². The van der Waals surface area contributed by atoms with Crippen molar-refractivity contribution >= 4 is 25.8 Å². The second-order valence-electron chi connectivity index (χ2n) is 7.36. The minimum absolute atomic E-state index is 0.252. The minimum atomic E-state index is -4.53. The molecule has 0 aliphatic carbocycles. The first kappa shape index (κ1) is 25.9. The third kappa shape index (κ3) is 5.69. The zero-order valence-corrected chi connectivity index (χ0v) is 20.5. The Kier molecular flexibility index (Phi) is 7.92. The van der Waals surface area contributed by atoms with Crippen molar-refractivity contribution in [3.05, 3.63) is 100 Å². The molecule has 0 amide bonds. The summed E-state index contributed by atoms with van der Waals surface area (Å²) in [5, 5.41) is 11.9. The van der Waals surface area contributed by atoms with Crippen molar-refractivity contribution in [3.8, 4) is 11.5 Å². The maximum absolute atomic E-state index is 13.5. The van der Waals surface area contributed by atoms with E-state index in [0.29, 0.717) is 17.1 Å². The number of nitrogens with zero attached hydrogens (tertiary/aromatic N) is 1. The number of ether oxygens (including phenoxy) is 2. The Morgan fingerprint density at radius 2 is 1.31 bits per heavy atom. The molecule has 3 rings (SSSR count). The van der Waals surface area contributed by atoms with Gasteiger partial charge in [0, 0.05) is 6.08 Å². The molecule has 0 spiro atoms. The maximum atomic E-state index is 13.5. The Morgan fingerprint density at radius 1 is 0.829 bits per heavy atom. The van der Waals surface area contributed by atoms with E-state index in [1.54, 1.807) is 12.1 Å². The Morgan fingerprint density at radius 3 is 1.74 bits per heavy atom. The molecule has 3 aromatic carbocycles. The predicted octanol–water partition coefficient (Wildman–Crippen LogP) is 3.99. The highest BCUT2D eigenvalue weighted by atomic mass is 32.3. The lowest BCUT2D eigenvalue weighted by Gasteiger charge is -2.18. The van der Waals surface area contributed by atoms with Gasteiger partial charge in [0.2, 0.25) is 5.70 Å². The molecule has 0 saturated heterocycles. The van der Waals surface area contributed by atoms with Gasteiger partial charge in [0.05, 0.1) is 35.4 Å². The lowest BCUT2D eigenvalue weighted by molar-refractivity contribution is -0.425. The first-order chi connectivity index (χ1) is 16.6. The van der Waals surface area contributed by atoms with Crippen LogP contribution in [0, 0.1) is 10.1 Å². The van der Waals surface area contributed by atoms with E-state index in [1.165, 1.54) is 80.9 Å². The van der Waals surface area contributed by atoms with Crippen LogP contribution in [0.5, 0.6) is 11.5 Å². The van der Waals surface area contributed by atoms with Gasteiger partial charge >= 0.3 is 0 Å². The second-order valence-corrected chi connectivity index (χ2v) is 11.9. The van der Waals surface area contributed by atoms with Crippen LogP contribution in [-0.2, 0) is 19.7 Å². The molecule has 0 fully saturated rings. The molecule has 0 radical (unpaired) electrons. The lowest BCUT2D eigenvalue weighted by atomic mass is 10.1. The number of nitro groups is 1. The smallest absolute Gasteiger partial charge is 0.249 e. The third-order valence-electron chi connectivity index (χ3n) is 5.19. The van der Waals surface area contributed by atoms with Crippen LogP contribution in [0.15, 0.2) is 94.4 Å². The van der Waals surface area contributed by atoms with Crippen LogP contribution in [0.2, 0.25) is 0 Å².